The van der Waals surface area contributed by atoms with Gasteiger partial charge in [0, 0.05) is 62.9 Å². The van der Waals surface area contributed by atoms with Crippen molar-refractivity contribution in [1.82, 2.24) is 20.1 Å². The van der Waals surface area contributed by atoms with Gasteiger partial charge in [-0.15, -0.1) is 0 Å². The van der Waals surface area contributed by atoms with Gasteiger partial charge >= 0.3 is 0 Å². The number of nitrogens with one attached hydrogen (secondary N) is 2. The fourth-order valence-electron chi connectivity index (χ4n) is 3.39. The Morgan fingerprint density at radius 1 is 1.40 bits per heavy atom. The van der Waals surface area contributed by atoms with E-state index in [4.69, 9.17) is 0 Å². The molecule has 9 heteroatoms. The highest BCUT2D eigenvalue weighted by molar-refractivity contribution is 5.94. The van der Waals surface area contributed by atoms with Gasteiger partial charge in [0.05, 0.1) is 6.54 Å². The van der Waals surface area contributed by atoms with Crippen molar-refractivity contribution in [2.45, 2.75) is 31.4 Å². The predicted molar refractivity (Wildman–Crippen MR) is 85.5 cm³/mol. The molecule has 2 aliphatic heterocycles. The molecule has 2 aliphatic rings. The van der Waals surface area contributed by atoms with Gasteiger partial charge in [-0.05, 0) is 6.07 Å². The van der Waals surface area contributed by atoms with E-state index in [1.165, 1.54) is 30.2 Å². The number of rotatable bonds is 4. The van der Waals surface area contributed by atoms with Gasteiger partial charge in [-0.3, -0.25) is 19.3 Å². The maximum absolute atomic E-state index is 13.8. The maximum Gasteiger partial charge on any atom is 0.262 e. The number of amides is 2. The lowest BCUT2D eigenvalue weighted by Gasteiger charge is -2.45. The summed E-state index contributed by atoms with van der Waals surface area (Å²) in [7, 11) is 0. The average Bonchev–Trinajstić information content (AvgIpc) is 2.78. The Bertz CT molecular complexity index is 730. The second-order valence-electron chi connectivity index (χ2n) is 6.63. The average molecular weight is 354 g/mol. The number of pyridine rings is 1. The number of likely N-dealkylation sites (tertiary alicyclic amines) is 2. The summed E-state index contributed by atoms with van der Waals surface area (Å²) in [6.07, 6.45) is 1.10. The van der Waals surface area contributed by atoms with Crippen LogP contribution in [0.15, 0.2) is 23.1 Å². The molecule has 1 atom stereocenters. The number of aromatic amines is 1. The number of hydrogen-bond donors (Lipinski definition) is 2. The summed E-state index contributed by atoms with van der Waals surface area (Å²) in [6.45, 7) is 1.82. The summed E-state index contributed by atoms with van der Waals surface area (Å²) in [5.41, 5.74) is -0.0822. The molecule has 0 unspecified atom stereocenters. The third-order valence-corrected chi connectivity index (χ3v) is 4.64. The molecule has 0 saturated carbocycles. The van der Waals surface area contributed by atoms with E-state index >= 15 is 0 Å². The molecule has 0 aliphatic carbocycles. The molecule has 1 aromatic heterocycles. The van der Waals surface area contributed by atoms with Crippen LogP contribution < -0.4 is 10.9 Å². The Kier molecular flexibility index (Phi) is 4.59. The lowest BCUT2D eigenvalue weighted by Crippen LogP contribution is -2.63. The predicted octanol–water partition coefficient (Wildman–Crippen LogP) is 0.0450. The molecule has 0 aromatic carbocycles. The van der Waals surface area contributed by atoms with Gasteiger partial charge in [-0.25, -0.2) is 8.78 Å². The van der Waals surface area contributed by atoms with Crippen LogP contribution in [-0.4, -0.2) is 70.8 Å². The summed E-state index contributed by atoms with van der Waals surface area (Å²) < 4.78 is 27.6. The van der Waals surface area contributed by atoms with Crippen LogP contribution in [0.3, 0.4) is 0 Å². The molecule has 2 saturated heterocycles. The number of aromatic nitrogens is 1. The Labute approximate surface area is 143 Å². The summed E-state index contributed by atoms with van der Waals surface area (Å²) in [4.78, 5) is 40.3. The smallest absolute Gasteiger partial charge is 0.262 e. The van der Waals surface area contributed by atoms with Crippen molar-refractivity contribution in [1.29, 1.82) is 0 Å². The molecule has 2 amide bonds. The molecule has 25 heavy (non-hydrogen) atoms. The number of carbonyl (C=O) groups is 2. The van der Waals surface area contributed by atoms with E-state index in [0.717, 1.165) is 0 Å². The number of H-pyrrole nitrogens is 1. The van der Waals surface area contributed by atoms with E-state index in [1.807, 2.05) is 0 Å². The van der Waals surface area contributed by atoms with Crippen LogP contribution in [-0.2, 0) is 4.79 Å². The Balaban J connectivity index is 1.61. The van der Waals surface area contributed by atoms with Crippen LogP contribution in [0.25, 0.3) is 0 Å². The van der Waals surface area contributed by atoms with E-state index in [9.17, 15) is 23.2 Å². The first kappa shape index (κ1) is 17.5. The van der Waals surface area contributed by atoms with Crippen LogP contribution in [0, 0.1) is 0 Å². The SMILES string of the molecule is CC(=O)NC[C@@H]1CC(F)(F)CN1C1CN(C(=O)c2cc[nH]c(=O)c2)C1. The van der Waals surface area contributed by atoms with Crippen molar-refractivity contribution in [3.8, 4) is 0 Å². The van der Waals surface area contributed by atoms with Gasteiger partial charge in [-0.2, -0.15) is 0 Å². The molecule has 0 radical (unpaired) electrons. The summed E-state index contributed by atoms with van der Waals surface area (Å²) in [5.74, 6) is -3.33. The van der Waals surface area contributed by atoms with E-state index in [0.29, 0.717) is 13.1 Å². The Morgan fingerprint density at radius 2 is 2.12 bits per heavy atom. The highest BCUT2D eigenvalue weighted by Crippen LogP contribution is 2.35. The van der Waals surface area contributed by atoms with Crippen molar-refractivity contribution in [2.24, 2.45) is 0 Å². The van der Waals surface area contributed by atoms with Gasteiger partial charge in [-0.1, -0.05) is 0 Å². The van der Waals surface area contributed by atoms with E-state index < -0.39 is 12.0 Å². The molecule has 2 N–H and O–H groups in total. The number of halogens is 2. The van der Waals surface area contributed by atoms with Crippen molar-refractivity contribution < 1.29 is 18.4 Å². The highest BCUT2D eigenvalue weighted by atomic mass is 19.3. The molecule has 3 heterocycles. The van der Waals surface area contributed by atoms with Crippen molar-refractivity contribution in [3.63, 3.8) is 0 Å². The van der Waals surface area contributed by atoms with Gasteiger partial charge in [0.15, 0.2) is 0 Å². The van der Waals surface area contributed by atoms with Gasteiger partial charge in [0.1, 0.15) is 0 Å². The normalized spacial score (nSPS) is 23.3. The topological polar surface area (TPSA) is 85.5 Å². The second-order valence-corrected chi connectivity index (χ2v) is 6.63. The summed E-state index contributed by atoms with van der Waals surface area (Å²) >= 11 is 0. The minimum absolute atomic E-state index is 0.168. The van der Waals surface area contributed by atoms with Crippen LogP contribution in [0.5, 0.6) is 0 Å². The van der Waals surface area contributed by atoms with Gasteiger partial charge in [0.25, 0.3) is 11.8 Å². The van der Waals surface area contributed by atoms with Gasteiger partial charge in [0.2, 0.25) is 11.5 Å². The molecule has 7 nitrogen and oxygen atoms in total. The number of carbonyl (C=O) groups excluding carboxylic acids is 2. The zero-order valence-corrected chi connectivity index (χ0v) is 13.8. The summed E-state index contributed by atoms with van der Waals surface area (Å²) in [6, 6.07) is 2.12. The van der Waals surface area contributed by atoms with Crippen molar-refractivity contribution in [3.05, 3.63) is 34.2 Å². The number of alkyl halides is 2. The van der Waals surface area contributed by atoms with Crippen LogP contribution in [0.1, 0.15) is 23.7 Å². The zero-order valence-electron chi connectivity index (χ0n) is 13.8. The minimum Gasteiger partial charge on any atom is -0.355 e. The van der Waals surface area contributed by atoms with Crippen LogP contribution in [0.2, 0.25) is 0 Å². The highest BCUT2D eigenvalue weighted by Gasteiger charge is 2.50. The lowest BCUT2D eigenvalue weighted by atomic mass is 10.0. The van der Waals surface area contributed by atoms with Crippen LogP contribution in [0.4, 0.5) is 8.78 Å². The molecular formula is C16H20F2N4O3. The van der Waals surface area contributed by atoms with Crippen molar-refractivity contribution in [2.75, 3.05) is 26.2 Å². The largest absolute Gasteiger partial charge is 0.355 e. The lowest BCUT2D eigenvalue weighted by molar-refractivity contribution is -0.119. The van der Waals surface area contributed by atoms with Crippen LogP contribution >= 0.6 is 0 Å². The monoisotopic (exact) mass is 354 g/mol. The molecule has 0 spiro atoms. The van der Waals surface area contributed by atoms with E-state index in [2.05, 4.69) is 10.3 Å². The van der Waals surface area contributed by atoms with Crippen molar-refractivity contribution >= 4 is 11.8 Å². The van der Waals surface area contributed by atoms with E-state index in [-0.39, 0.29) is 48.5 Å². The van der Waals surface area contributed by atoms with E-state index in [1.54, 1.807) is 4.90 Å². The second kappa shape index (κ2) is 6.55. The number of hydrogen-bond acceptors (Lipinski definition) is 4. The first-order chi connectivity index (χ1) is 11.7. The first-order valence-electron chi connectivity index (χ1n) is 8.11. The first-order valence-corrected chi connectivity index (χ1v) is 8.11. The molecule has 3 rings (SSSR count). The summed E-state index contributed by atoms with van der Waals surface area (Å²) in [5, 5.41) is 2.59. The molecular weight excluding hydrogens is 334 g/mol. The molecule has 0 bridgehead atoms. The maximum atomic E-state index is 13.8. The number of nitrogens with zero attached hydrogens (tertiary/aromatic N) is 2. The zero-order chi connectivity index (χ0) is 18.2. The molecule has 136 valence electrons. The third-order valence-electron chi connectivity index (χ3n) is 4.64. The fraction of sp³-hybridized carbons (Fsp3) is 0.562. The Hall–Kier alpha value is -2.29. The molecule has 2 fully saturated rings. The quantitative estimate of drug-likeness (QED) is 0.800. The fourth-order valence-corrected chi connectivity index (χ4v) is 3.39. The molecule has 1 aromatic rings. The minimum atomic E-state index is -2.79. The van der Waals surface area contributed by atoms with Gasteiger partial charge < -0.3 is 15.2 Å². The Morgan fingerprint density at radius 3 is 2.76 bits per heavy atom. The third kappa shape index (κ3) is 3.87. The standard InChI is InChI=1S/C16H20F2N4O3/c1-10(23)20-6-12-5-16(17,18)9-22(12)13-7-21(8-13)15(25)11-2-3-19-14(24)4-11/h2-4,12-13H,5-9H2,1H3,(H,19,24)(H,20,23)/t12-/m0/s1.